The number of likely N-dealkylation sites (tertiary alicyclic amines) is 2. The van der Waals surface area contributed by atoms with Crippen LogP contribution in [0.1, 0.15) is 25.7 Å². The van der Waals surface area contributed by atoms with Crippen molar-refractivity contribution in [1.29, 1.82) is 0 Å². The fraction of sp³-hybridized carbons (Fsp3) is 0.750. The van der Waals surface area contributed by atoms with Crippen LogP contribution in [0.5, 0.6) is 0 Å². The lowest BCUT2D eigenvalue weighted by molar-refractivity contribution is -0.148. The highest BCUT2D eigenvalue weighted by molar-refractivity contribution is 8.76. The number of thiol groups is 2. The summed E-state index contributed by atoms with van der Waals surface area (Å²) in [4.78, 5) is 49.8. The van der Waals surface area contributed by atoms with Crippen LogP contribution < -0.4 is 0 Å². The number of carboxylic acid groups (broad SMARTS) is 2. The molecule has 2 rings (SSSR count). The third-order valence-corrected chi connectivity index (χ3v) is 8.25. The van der Waals surface area contributed by atoms with E-state index in [1.54, 1.807) is 0 Å². The molecule has 12 heteroatoms. The standard InChI is InChI=1S/C16H24N2O6S4/c19-11(17-5-1-9(25)13(17)15(21)22)3-7-27-28-8-4-12(20)18-6-2-10(26)14(18)16(23)24/h9-10,13-14,25-26H,1-8H2,(H,21,22)(H,23,24)/t9-,10-,13-,14-/m0/s1. The second-order valence-corrected chi connectivity index (χ2v) is 10.6. The molecule has 0 aromatic rings. The number of carboxylic acids is 2. The zero-order valence-electron chi connectivity index (χ0n) is 15.1. The van der Waals surface area contributed by atoms with Gasteiger partial charge in [-0.1, -0.05) is 21.6 Å². The monoisotopic (exact) mass is 468 g/mol. The molecule has 0 bridgehead atoms. The molecule has 0 aromatic carbocycles. The molecule has 8 nitrogen and oxygen atoms in total. The highest BCUT2D eigenvalue weighted by atomic mass is 33.1. The van der Waals surface area contributed by atoms with Gasteiger partial charge in [-0.2, -0.15) is 25.3 Å². The minimum absolute atomic E-state index is 0.200. The summed E-state index contributed by atoms with van der Waals surface area (Å²) in [6.07, 6.45) is 1.59. The molecule has 2 N–H and O–H groups in total. The number of hydrogen-bond donors (Lipinski definition) is 4. The molecule has 2 amide bonds. The van der Waals surface area contributed by atoms with Crippen molar-refractivity contribution in [2.24, 2.45) is 0 Å². The molecule has 2 fully saturated rings. The minimum Gasteiger partial charge on any atom is -0.480 e. The molecule has 2 heterocycles. The third kappa shape index (κ3) is 5.90. The van der Waals surface area contributed by atoms with E-state index in [4.69, 9.17) is 0 Å². The highest BCUT2D eigenvalue weighted by Crippen LogP contribution is 2.28. The van der Waals surface area contributed by atoms with Crippen LogP contribution in [0.3, 0.4) is 0 Å². The molecular weight excluding hydrogens is 444 g/mol. The topological polar surface area (TPSA) is 115 Å². The van der Waals surface area contributed by atoms with Gasteiger partial charge < -0.3 is 20.0 Å². The maximum Gasteiger partial charge on any atom is 0.327 e. The molecular formula is C16H24N2O6S4. The minimum atomic E-state index is -1.03. The van der Waals surface area contributed by atoms with Gasteiger partial charge in [0.2, 0.25) is 11.8 Å². The van der Waals surface area contributed by atoms with Crippen LogP contribution in [-0.2, 0) is 19.2 Å². The summed E-state index contributed by atoms with van der Waals surface area (Å²) in [6, 6.07) is -1.74. The first-order chi connectivity index (χ1) is 13.2. The Bertz CT molecular complexity index is 570. The molecule has 0 radical (unpaired) electrons. The van der Waals surface area contributed by atoms with E-state index in [9.17, 15) is 29.4 Å². The summed E-state index contributed by atoms with van der Waals surface area (Å²) in [6.45, 7) is 0.811. The number of carbonyl (C=O) groups is 4. The molecule has 28 heavy (non-hydrogen) atoms. The summed E-state index contributed by atoms with van der Waals surface area (Å²) < 4.78 is 0. The van der Waals surface area contributed by atoms with Gasteiger partial charge in [0.1, 0.15) is 12.1 Å². The van der Waals surface area contributed by atoms with Crippen LogP contribution in [0.25, 0.3) is 0 Å². The van der Waals surface area contributed by atoms with E-state index in [0.717, 1.165) is 0 Å². The smallest absolute Gasteiger partial charge is 0.327 e. The first-order valence-corrected chi connectivity index (χ1v) is 12.4. The Morgan fingerprint density at radius 2 is 1.14 bits per heavy atom. The zero-order chi connectivity index (χ0) is 20.8. The van der Waals surface area contributed by atoms with Gasteiger partial charge in [-0.05, 0) is 12.8 Å². The van der Waals surface area contributed by atoms with Gasteiger partial charge in [0.25, 0.3) is 0 Å². The van der Waals surface area contributed by atoms with Crippen molar-refractivity contribution in [3.63, 3.8) is 0 Å². The summed E-state index contributed by atoms with van der Waals surface area (Å²) in [5, 5.41) is 17.8. The van der Waals surface area contributed by atoms with E-state index in [2.05, 4.69) is 25.3 Å². The fourth-order valence-electron chi connectivity index (χ4n) is 3.37. The average molecular weight is 469 g/mol. The van der Waals surface area contributed by atoms with Gasteiger partial charge >= 0.3 is 11.9 Å². The average Bonchev–Trinajstić information content (AvgIpc) is 3.20. The molecule has 2 saturated heterocycles. The maximum absolute atomic E-state index is 12.2. The van der Waals surface area contributed by atoms with Gasteiger partial charge in [-0.15, -0.1) is 0 Å². The molecule has 0 spiro atoms. The van der Waals surface area contributed by atoms with Gasteiger partial charge in [-0.25, -0.2) is 9.59 Å². The Labute approximate surface area is 182 Å². The van der Waals surface area contributed by atoms with Crippen molar-refractivity contribution >= 4 is 70.6 Å². The Hall–Kier alpha value is -0.720. The maximum atomic E-state index is 12.2. The van der Waals surface area contributed by atoms with E-state index in [0.29, 0.717) is 37.4 Å². The van der Waals surface area contributed by atoms with E-state index in [1.807, 2.05) is 0 Å². The number of hydrogen-bond acceptors (Lipinski definition) is 8. The Morgan fingerprint density at radius 1 is 0.786 bits per heavy atom. The lowest BCUT2D eigenvalue weighted by Gasteiger charge is -2.23. The van der Waals surface area contributed by atoms with Crippen molar-refractivity contribution in [2.75, 3.05) is 24.6 Å². The number of carbonyl (C=O) groups excluding carboxylic acids is 2. The van der Waals surface area contributed by atoms with Gasteiger partial charge in [0, 0.05) is 47.9 Å². The quantitative estimate of drug-likeness (QED) is 0.226. The lowest BCUT2D eigenvalue weighted by atomic mass is 10.2. The summed E-state index contributed by atoms with van der Waals surface area (Å²) in [5.41, 5.74) is 0. The first kappa shape index (κ1) is 23.6. The molecule has 2 aliphatic rings. The van der Waals surface area contributed by atoms with E-state index >= 15 is 0 Å². The van der Waals surface area contributed by atoms with E-state index in [-0.39, 0.29) is 35.2 Å². The normalized spacial score (nSPS) is 27.2. The highest BCUT2D eigenvalue weighted by Gasteiger charge is 2.40. The van der Waals surface area contributed by atoms with E-state index in [1.165, 1.54) is 31.4 Å². The second kappa shape index (κ2) is 10.9. The number of aliphatic carboxylic acids is 2. The number of nitrogens with zero attached hydrogens (tertiary/aromatic N) is 2. The Kier molecular flexibility index (Phi) is 9.16. The third-order valence-electron chi connectivity index (χ3n) is 4.76. The molecule has 0 aromatic heterocycles. The van der Waals surface area contributed by atoms with Crippen LogP contribution in [0.15, 0.2) is 0 Å². The van der Waals surface area contributed by atoms with Crippen molar-refractivity contribution < 1.29 is 29.4 Å². The molecule has 2 aliphatic heterocycles. The van der Waals surface area contributed by atoms with Gasteiger partial charge in [-0.3, -0.25) is 9.59 Å². The van der Waals surface area contributed by atoms with Gasteiger partial charge in [0.15, 0.2) is 0 Å². The molecule has 4 atom stereocenters. The van der Waals surface area contributed by atoms with Crippen molar-refractivity contribution in [1.82, 2.24) is 9.80 Å². The van der Waals surface area contributed by atoms with E-state index < -0.39 is 24.0 Å². The molecule has 0 saturated carbocycles. The predicted octanol–water partition coefficient (Wildman–Crippen LogP) is 1.12. The molecule has 0 unspecified atom stereocenters. The van der Waals surface area contributed by atoms with Crippen molar-refractivity contribution in [3.05, 3.63) is 0 Å². The fourth-order valence-corrected chi connectivity index (χ4v) is 6.14. The largest absolute Gasteiger partial charge is 0.480 e. The zero-order valence-corrected chi connectivity index (χ0v) is 18.5. The van der Waals surface area contributed by atoms with Crippen molar-refractivity contribution in [2.45, 2.75) is 48.3 Å². The number of amides is 2. The number of rotatable bonds is 9. The van der Waals surface area contributed by atoms with Crippen LogP contribution in [0.2, 0.25) is 0 Å². The van der Waals surface area contributed by atoms with Crippen LogP contribution >= 0.6 is 46.8 Å². The predicted molar refractivity (Wildman–Crippen MR) is 115 cm³/mol. The van der Waals surface area contributed by atoms with Crippen LogP contribution in [0, 0.1) is 0 Å². The Balaban J connectivity index is 1.64. The summed E-state index contributed by atoms with van der Waals surface area (Å²) in [7, 11) is 2.89. The van der Waals surface area contributed by atoms with Crippen molar-refractivity contribution in [3.8, 4) is 0 Å². The Morgan fingerprint density at radius 3 is 1.46 bits per heavy atom. The molecule has 0 aliphatic carbocycles. The lowest BCUT2D eigenvalue weighted by Crippen LogP contribution is -2.43. The summed E-state index contributed by atoms with van der Waals surface area (Å²) in [5.74, 6) is -1.44. The summed E-state index contributed by atoms with van der Waals surface area (Å²) >= 11 is 8.47. The first-order valence-electron chi connectivity index (χ1n) is 8.89. The van der Waals surface area contributed by atoms with Crippen LogP contribution in [-0.4, -0.2) is 90.9 Å². The SMILES string of the molecule is O=C(O)[C@@H]1[C@@H](S)CCN1C(=O)CCSSCCC(=O)N1CC[C@H](S)[C@H]1C(=O)O. The molecule has 158 valence electrons. The van der Waals surface area contributed by atoms with Crippen LogP contribution in [0.4, 0.5) is 0 Å². The van der Waals surface area contributed by atoms with Gasteiger partial charge in [0.05, 0.1) is 0 Å². The second-order valence-electron chi connectivity index (χ2n) is 6.60.